The summed E-state index contributed by atoms with van der Waals surface area (Å²) in [5.41, 5.74) is 8.88. The molecule has 0 saturated heterocycles. The third-order valence-corrected chi connectivity index (χ3v) is 2.50. The van der Waals surface area contributed by atoms with Gasteiger partial charge >= 0.3 is 0 Å². The lowest BCUT2D eigenvalue weighted by Crippen LogP contribution is -2.05. The van der Waals surface area contributed by atoms with Crippen molar-refractivity contribution >= 4 is 27.9 Å². The Bertz CT molecular complexity index is 520. The van der Waals surface area contributed by atoms with Gasteiger partial charge in [0.05, 0.1) is 10.6 Å². The SMILES string of the molecule is CC(C)Oc1ccc(/C=C/C(=O)N=[N+]=[N-])cc1Br. The van der Waals surface area contributed by atoms with E-state index in [0.29, 0.717) is 0 Å². The van der Waals surface area contributed by atoms with Crippen LogP contribution in [-0.4, -0.2) is 12.0 Å². The molecule has 0 aliphatic heterocycles. The molecule has 0 unspecified atom stereocenters. The predicted octanol–water partition coefficient (Wildman–Crippen LogP) is 4.09. The molecule has 5 nitrogen and oxygen atoms in total. The Morgan fingerprint density at radius 1 is 1.56 bits per heavy atom. The third kappa shape index (κ3) is 4.61. The number of halogens is 1. The van der Waals surface area contributed by atoms with Gasteiger partial charge in [0.2, 0.25) is 5.91 Å². The van der Waals surface area contributed by atoms with Crippen molar-refractivity contribution in [3.8, 4) is 5.75 Å². The van der Waals surface area contributed by atoms with Crippen molar-refractivity contribution in [3.05, 3.63) is 44.8 Å². The molecule has 6 heteroatoms. The normalized spacial score (nSPS) is 10.4. The number of hydrogen-bond donors (Lipinski definition) is 0. The Morgan fingerprint density at radius 2 is 2.28 bits per heavy atom. The highest BCUT2D eigenvalue weighted by atomic mass is 79.9. The number of benzene rings is 1. The molecule has 0 N–H and O–H groups in total. The summed E-state index contributed by atoms with van der Waals surface area (Å²) >= 11 is 3.39. The minimum atomic E-state index is -0.629. The van der Waals surface area contributed by atoms with Gasteiger partial charge in [0.15, 0.2) is 0 Å². The third-order valence-electron chi connectivity index (χ3n) is 1.88. The Morgan fingerprint density at radius 3 is 2.83 bits per heavy atom. The van der Waals surface area contributed by atoms with Gasteiger partial charge in [-0.3, -0.25) is 4.79 Å². The van der Waals surface area contributed by atoms with Gasteiger partial charge in [0.25, 0.3) is 0 Å². The Hall–Kier alpha value is -1.78. The van der Waals surface area contributed by atoms with E-state index in [1.807, 2.05) is 32.0 Å². The molecular weight excluding hydrogens is 298 g/mol. The van der Waals surface area contributed by atoms with Crippen LogP contribution < -0.4 is 4.74 Å². The minimum Gasteiger partial charge on any atom is -0.490 e. The molecule has 94 valence electrons. The van der Waals surface area contributed by atoms with Crippen LogP contribution >= 0.6 is 15.9 Å². The molecule has 0 aliphatic rings. The zero-order valence-corrected chi connectivity index (χ0v) is 11.6. The molecule has 1 aromatic carbocycles. The fourth-order valence-electron chi connectivity index (χ4n) is 1.22. The number of azide groups is 1. The van der Waals surface area contributed by atoms with Crippen molar-refractivity contribution in [1.82, 2.24) is 0 Å². The van der Waals surface area contributed by atoms with Crippen LogP contribution in [0.1, 0.15) is 19.4 Å². The van der Waals surface area contributed by atoms with E-state index in [4.69, 9.17) is 10.3 Å². The van der Waals surface area contributed by atoms with E-state index >= 15 is 0 Å². The van der Waals surface area contributed by atoms with Crippen LogP contribution in [-0.2, 0) is 4.79 Å². The number of ether oxygens (including phenoxy) is 1. The van der Waals surface area contributed by atoms with Gasteiger partial charge in [-0.15, -0.1) is 0 Å². The van der Waals surface area contributed by atoms with Gasteiger partial charge in [0.1, 0.15) is 5.75 Å². The molecule has 0 atom stereocenters. The summed E-state index contributed by atoms with van der Waals surface area (Å²) < 4.78 is 6.36. The highest BCUT2D eigenvalue weighted by Gasteiger charge is 2.03. The highest BCUT2D eigenvalue weighted by molar-refractivity contribution is 9.10. The van der Waals surface area contributed by atoms with E-state index < -0.39 is 5.91 Å². The molecule has 0 aromatic heterocycles. The zero-order valence-electron chi connectivity index (χ0n) is 10.0. The lowest BCUT2D eigenvalue weighted by molar-refractivity contribution is -0.113. The number of nitrogens with zero attached hydrogens (tertiary/aromatic N) is 3. The second-order valence-corrected chi connectivity index (χ2v) is 4.57. The molecule has 0 aliphatic carbocycles. The summed E-state index contributed by atoms with van der Waals surface area (Å²) in [5, 5.41) is 2.94. The maximum atomic E-state index is 11.0. The Labute approximate surface area is 113 Å². The van der Waals surface area contributed by atoms with Gasteiger partial charge in [-0.1, -0.05) is 12.1 Å². The van der Waals surface area contributed by atoms with E-state index in [2.05, 4.69) is 26.0 Å². The van der Waals surface area contributed by atoms with Crippen molar-refractivity contribution in [2.24, 2.45) is 5.11 Å². The summed E-state index contributed by atoms with van der Waals surface area (Å²) in [6.07, 6.45) is 2.88. The minimum absolute atomic E-state index is 0.0919. The van der Waals surface area contributed by atoms with Crippen LogP contribution in [0.15, 0.2) is 33.9 Å². The standard InChI is InChI=1S/C12H12BrN3O2/c1-8(2)18-11-5-3-9(7-10(11)13)4-6-12(17)15-16-14/h3-8H,1-2H3/b6-4+. The first-order valence-corrected chi connectivity index (χ1v) is 6.05. The van der Waals surface area contributed by atoms with Crippen LogP contribution in [0.5, 0.6) is 5.75 Å². The molecule has 0 spiro atoms. The molecule has 0 heterocycles. The Balaban J connectivity index is 2.84. The van der Waals surface area contributed by atoms with E-state index in [-0.39, 0.29) is 6.10 Å². The number of rotatable bonds is 4. The van der Waals surface area contributed by atoms with Gasteiger partial charge < -0.3 is 4.74 Å². The average Bonchev–Trinajstić information content (AvgIpc) is 2.29. The summed E-state index contributed by atoms with van der Waals surface area (Å²) in [5.74, 6) is 0.111. The molecule has 0 bridgehead atoms. The predicted molar refractivity (Wildman–Crippen MR) is 73.1 cm³/mol. The molecule has 0 fully saturated rings. The van der Waals surface area contributed by atoms with Gasteiger partial charge in [-0.25, -0.2) is 0 Å². The van der Waals surface area contributed by atoms with Crippen LogP contribution in [0.25, 0.3) is 16.5 Å². The van der Waals surface area contributed by atoms with Crippen molar-refractivity contribution in [2.75, 3.05) is 0 Å². The van der Waals surface area contributed by atoms with E-state index in [0.717, 1.165) is 15.8 Å². The van der Waals surface area contributed by atoms with Crippen LogP contribution in [0.3, 0.4) is 0 Å². The van der Waals surface area contributed by atoms with Crippen molar-refractivity contribution in [2.45, 2.75) is 20.0 Å². The monoisotopic (exact) mass is 309 g/mol. The fourth-order valence-corrected chi connectivity index (χ4v) is 1.71. The second-order valence-electron chi connectivity index (χ2n) is 3.72. The van der Waals surface area contributed by atoms with Gasteiger partial charge in [0, 0.05) is 4.91 Å². The van der Waals surface area contributed by atoms with Crippen LogP contribution in [0, 0.1) is 0 Å². The maximum Gasteiger partial charge on any atom is 0.242 e. The number of hydrogen-bond acceptors (Lipinski definition) is 2. The summed E-state index contributed by atoms with van der Waals surface area (Å²) in [7, 11) is 0. The van der Waals surface area contributed by atoms with Crippen molar-refractivity contribution < 1.29 is 9.53 Å². The summed E-state index contributed by atoms with van der Waals surface area (Å²) in [4.78, 5) is 13.4. The first-order valence-electron chi connectivity index (χ1n) is 5.26. The molecule has 0 saturated carbocycles. The number of carbonyl (C=O) groups excluding carboxylic acids is 1. The average molecular weight is 310 g/mol. The molecular formula is C12H12BrN3O2. The zero-order chi connectivity index (χ0) is 13.5. The first-order chi connectivity index (χ1) is 8.52. The lowest BCUT2D eigenvalue weighted by atomic mass is 10.2. The quantitative estimate of drug-likeness (QED) is 0.363. The molecule has 18 heavy (non-hydrogen) atoms. The van der Waals surface area contributed by atoms with Crippen LogP contribution in [0.2, 0.25) is 0 Å². The molecule has 0 radical (unpaired) electrons. The lowest BCUT2D eigenvalue weighted by Gasteiger charge is -2.11. The van der Waals surface area contributed by atoms with Gasteiger partial charge in [-0.2, -0.15) is 0 Å². The van der Waals surface area contributed by atoms with E-state index in [9.17, 15) is 4.79 Å². The first kappa shape index (κ1) is 14.3. The summed E-state index contributed by atoms with van der Waals surface area (Å²) in [6, 6.07) is 5.43. The van der Waals surface area contributed by atoms with Crippen molar-refractivity contribution in [1.29, 1.82) is 0 Å². The van der Waals surface area contributed by atoms with E-state index in [1.165, 1.54) is 6.08 Å². The summed E-state index contributed by atoms with van der Waals surface area (Å²) in [6.45, 7) is 3.89. The van der Waals surface area contributed by atoms with Gasteiger partial charge in [-0.05, 0) is 64.2 Å². The fraction of sp³-hybridized carbons (Fsp3) is 0.250. The number of amides is 1. The Kier molecular flexibility index (Phi) is 5.42. The molecule has 1 rings (SSSR count). The second kappa shape index (κ2) is 6.83. The topological polar surface area (TPSA) is 75.1 Å². The van der Waals surface area contributed by atoms with Crippen molar-refractivity contribution in [3.63, 3.8) is 0 Å². The van der Waals surface area contributed by atoms with Crippen LogP contribution in [0.4, 0.5) is 0 Å². The molecule has 1 aromatic rings. The number of carbonyl (C=O) groups is 1. The maximum absolute atomic E-state index is 11.0. The molecule has 1 amide bonds. The highest BCUT2D eigenvalue weighted by Crippen LogP contribution is 2.27. The largest absolute Gasteiger partial charge is 0.490 e. The van der Waals surface area contributed by atoms with E-state index in [1.54, 1.807) is 6.08 Å². The smallest absolute Gasteiger partial charge is 0.242 e.